The molecule has 0 fully saturated rings. The van der Waals surface area contributed by atoms with Crippen LogP contribution in [0.1, 0.15) is 16.8 Å². The minimum absolute atomic E-state index is 0.669. The second-order valence-corrected chi connectivity index (χ2v) is 5.77. The number of nitriles is 1. The van der Waals surface area contributed by atoms with Crippen LogP contribution in [0.5, 0.6) is 0 Å². The molecule has 0 aliphatic rings. The third kappa shape index (κ3) is 2.25. The normalized spacial score (nSPS) is 10.8. The summed E-state index contributed by atoms with van der Waals surface area (Å²) in [5.41, 5.74) is 5.58. The first-order chi connectivity index (χ1) is 11.8. The molecule has 4 rings (SSSR count). The molecular formula is C19H17N5+2. The van der Waals surface area contributed by atoms with Crippen LogP contribution in [0.4, 0.5) is 5.82 Å². The minimum atomic E-state index is 0.669. The summed E-state index contributed by atoms with van der Waals surface area (Å²) in [6.45, 7) is 2.64. The molecule has 3 heterocycles. The van der Waals surface area contributed by atoms with Crippen molar-refractivity contribution < 1.29 is 9.38 Å². The van der Waals surface area contributed by atoms with Gasteiger partial charge in [0.25, 0.3) is 0 Å². The van der Waals surface area contributed by atoms with Gasteiger partial charge in [0.1, 0.15) is 29.2 Å². The van der Waals surface area contributed by atoms with Gasteiger partial charge in [0.2, 0.25) is 17.2 Å². The molecule has 1 aromatic carbocycles. The topological polar surface area (TPSA) is 69.8 Å². The Bertz CT molecular complexity index is 1070. The molecule has 0 aliphatic heterocycles. The highest BCUT2D eigenvalue weighted by molar-refractivity contribution is 5.77. The van der Waals surface area contributed by atoms with Gasteiger partial charge >= 0.3 is 0 Å². The highest BCUT2D eigenvalue weighted by Crippen LogP contribution is 2.20. The number of aryl methyl sites for hydroxylation is 1. The van der Waals surface area contributed by atoms with Crippen LogP contribution < -0.4 is 14.7 Å². The fraction of sp³-hybridized carbons (Fsp3) is 0.105. The SMILES string of the molecule is Cc1cc(NCc2cccc[nH+]2)[n+]2c([nH]c3ccccc32)c1C#N. The molecule has 0 atom stereocenters. The zero-order chi connectivity index (χ0) is 16.5. The lowest BCUT2D eigenvalue weighted by Crippen LogP contribution is -2.28. The summed E-state index contributed by atoms with van der Waals surface area (Å²) in [5, 5.41) is 13.0. The Labute approximate surface area is 139 Å². The third-order valence-corrected chi connectivity index (χ3v) is 4.19. The Morgan fingerprint density at radius 3 is 2.83 bits per heavy atom. The Morgan fingerprint density at radius 1 is 1.21 bits per heavy atom. The number of H-pyrrole nitrogens is 2. The summed E-state index contributed by atoms with van der Waals surface area (Å²) < 4.78 is 2.07. The van der Waals surface area contributed by atoms with Gasteiger partial charge in [-0.1, -0.05) is 12.1 Å². The van der Waals surface area contributed by atoms with Crippen molar-refractivity contribution in [3.63, 3.8) is 0 Å². The second kappa shape index (κ2) is 5.67. The van der Waals surface area contributed by atoms with Gasteiger partial charge in [-0.25, -0.2) is 4.98 Å². The molecule has 4 aromatic rings. The molecule has 24 heavy (non-hydrogen) atoms. The van der Waals surface area contributed by atoms with Crippen LogP contribution in [0.3, 0.4) is 0 Å². The van der Waals surface area contributed by atoms with E-state index in [1.807, 2.05) is 55.6 Å². The Kier molecular flexibility index (Phi) is 3.36. The molecule has 3 N–H and O–H groups in total. The van der Waals surface area contributed by atoms with Crippen molar-refractivity contribution in [1.82, 2.24) is 4.98 Å². The van der Waals surface area contributed by atoms with Crippen molar-refractivity contribution in [3.05, 3.63) is 71.5 Å². The van der Waals surface area contributed by atoms with E-state index in [9.17, 15) is 5.26 Å². The largest absolute Gasteiger partial charge is 0.295 e. The molecule has 0 bridgehead atoms. The highest BCUT2D eigenvalue weighted by Gasteiger charge is 2.20. The maximum Gasteiger partial charge on any atom is 0.250 e. The first kappa shape index (κ1) is 14.2. The highest BCUT2D eigenvalue weighted by atomic mass is 15.1. The fourth-order valence-electron chi connectivity index (χ4n) is 3.03. The van der Waals surface area contributed by atoms with Crippen LogP contribution in [0.15, 0.2) is 54.7 Å². The van der Waals surface area contributed by atoms with Crippen molar-refractivity contribution >= 4 is 22.5 Å². The van der Waals surface area contributed by atoms with E-state index in [4.69, 9.17) is 0 Å². The number of imidazole rings is 1. The number of nitrogens with one attached hydrogen (secondary N) is 3. The van der Waals surface area contributed by atoms with Gasteiger partial charge in [-0.15, -0.1) is 0 Å². The summed E-state index contributed by atoms with van der Waals surface area (Å²) in [7, 11) is 0. The van der Waals surface area contributed by atoms with Crippen molar-refractivity contribution in [2.24, 2.45) is 0 Å². The van der Waals surface area contributed by atoms with Gasteiger partial charge < -0.3 is 0 Å². The Morgan fingerprint density at radius 2 is 2.04 bits per heavy atom. The standard InChI is InChI=1S/C19H15N5/c1-13-10-18(22-12-14-6-4-5-9-21-14)24-17-8-3-2-7-16(17)23-19(24)15(13)11-20/h2-10H,12H2,1H3,(H,22,23)/p+2. The van der Waals surface area contributed by atoms with Crippen molar-refractivity contribution in [2.45, 2.75) is 13.5 Å². The number of pyridine rings is 2. The molecule has 5 heteroatoms. The molecule has 0 amide bonds. The summed E-state index contributed by atoms with van der Waals surface area (Å²) in [5.74, 6) is 0.955. The minimum Gasteiger partial charge on any atom is -0.295 e. The number of para-hydroxylation sites is 2. The van der Waals surface area contributed by atoms with Gasteiger partial charge in [-0.05, 0) is 30.7 Å². The lowest BCUT2D eigenvalue weighted by Gasteiger charge is -2.05. The number of aromatic nitrogens is 3. The Balaban J connectivity index is 1.90. The average molecular weight is 315 g/mol. The van der Waals surface area contributed by atoms with Crippen LogP contribution in [-0.4, -0.2) is 4.98 Å². The fourth-order valence-corrected chi connectivity index (χ4v) is 3.03. The lowest BCUT2D eigenvalue weighted by molar-refractivity contribution is -0.465. The number of benzene rings is 1. The van der Waals surface area contributed by atoms with Crippen LogP contribution in [0, 0.1) is 18.3 Å². The monoisotopic (exact) mass is 315 g/mol. The van der Waals surface area contributed by atoms with Crippen molar-refractivity contribution in [2.75, 3.05) is 5.32 Å². The predicted molar refractivity (Wildman–Crippen MR) is 91.2 cm³/mol. The van der Waals surface area contributed by atoms with E-state index in [1.165, 1.54) is 0 Å². The summed E-state index contributed by atoms with van der Waals surface area (Å²) in [6, 6.07) is 18.4. The van der Waals surface area contributed by atoms with E-state index < -0.39 is 0 Å². The zero-order valence-electron chi connectivity index (χ0n) is 13.3. The van der Waals surface area contributed by atoms with Gasteiger partial charge in [0, 0.05) is 18.2 Å². The molecule has 0 radical (unpaired) electrons. The predicted octanol–water partition coefficient (Wildman–Crippen LogP) is 2.51. The van der Waals surface area contributed by atoms with Crippen LogP contribution >= 0.6 is 0 Å². The summed E-state index contributed by atoms with van der Waals surface area (Å²) >= 11 is 0. The number of aromatic amines is 2. The number of anilines is 1. The van der Waals surface area contributed by atoms with E-state index >= 15 is 0 Å². The van der Waals surface area contributed by atoms with E-state index in [2.05, 4.69) is 31.8 Å². The van der Waals surface area contributed by atoms with Gasteiger partial charge in [-0.3, -0.25) is 10.3 Å². The van der Waals surface area contributed by atoms with E-state index in [0.717, 1.165) is 33.8 Å². The second-order valence-electron chi connectivity index (χ2n) is 5.77. The Hall–Kier alpha value is -3.39. The van der Waals surface area contributed by atoms with Crippen LogP contribution in [0.2, 0.25) is 0 Å². The smallest absolute Gasteiger partial charge is 0.250 e. The molecule has 0 unspecified atom stereocenters. The first-order valence-electron chi connectivity index (χ1n) is 7.83. The molecule has 0 aliphatic carbocycles. The number of fused-ring (bicyclic) bond motifs is 3. The third-order valence-electron chi connectivity index (χ3n) is 4.19. The van der Waals surface area contributed by atoms with Crippen LogP contribution in [0.25, 0.3) is 16.7 Å². The van der Waals surface area contributed by atoms with Crippen LogP contribution in [-0.2, 0) is 6.54 Å². The summed E-state index contributed by atoms with van der Waals surface area (Å²) in [4.78, 5) is 6.59. The van der Waals surface area contributed by atoms with Crippen molar-refractivity contribution in [1.29, 1.82) is 5.26 Å². The number of hydrogen-bond acceptors (Lipinski definition) is 2. The molecule has 116 valence electrons. The van der Waals surface area contributed by atoms with E-state index in [1.54, 1.807) is 0 Å². The average Bonchev–Trinajstić information content (AvgIpc) is 3.00. The molecular weight excluding hydrogens is 298 g/mol. The molecule has 0 saturated heterocycles. The van der Waals surface area contributed by atoms with Gasteiger partial charge in [-0.2, -0.15) is 9.66 Å². The van der Waals surface area contributed by atoms with Gasteiger partial charge in [0.05, 0.1) is 0 Å². The van der Waals surface area contributed by atoms with E-state index in [-0.39, 0.29) is 0 Å². The van der Waals surface area contributed by atoms with Gasteiger partial charge in [0.15, 0.2) is 6.20 Å². The van der Waals surface area contributed by atoms with E-state index in [0.29, 0.717) is 12.1 Å². The maximum absolute atomic E-state index is 9.53. The van der Waals surface area contributed by atoms with Crippen molar-refractivity contribution in [3.8, 4) is 6.07 Å². The molecule has 5 nitrogen and oxygen atoms in total. The summed E-state index contributed by atoms with van der Waals surface area (Å²) in [6.07, 6.45) is 1.91. The molecule has 0 spiro atoms. The number of hydrogen-bond donors (Lipinski definition) is 2. The number of rotatable bonds is 3. The lowest BCUT2D eigenvalue weighted by atomic mass is 10.1. The molecule has 3 aromatic heterocycles. The molecule has 0 saturated carbocycles. The first-order valence-corrected chi connectivity index (χ1v) is 7.83. The quantitative estimate of drug-likeness (QED) is 0.570. The zero-order valence-corrected chi connectivity index (χ0v) is 13.3. The number of nitrogens with zero attached hydrogens (tertiary/aromatic N) is 2. The maximum atomic E-state index is 9.53.